The van der Waals surface area contributed by atoms with Gasteiger partial charge in [-0.25, -0.2) is 8.78 Å². The molecule has 0 saturated carbocycles. The van der Waals surface area contributed by atoms with Crippen LogP contribution in [0, 0.1) is 10.5 Å². The predicted octanol–water partition coefficient (Wildman–Crippen LogP) is 2.42. The van der Waals surface area contributed by atoms with E-state index in [9.17, 15) is 8.78 Å². The molecule has 2 nitrogen and oxygen atoms in total. The zero-order chi connectivity index (χ0) is 10.0. The summed E-state index contributed by atoms with van der Waals surface area (Å²) in [5.74, 6) is 0. The molecular formula is C8H8F2INO. The predicted molar refractivity (Wildman–Crippen MR) is 52.6 cm³/mol. The summed E-state index contributed by atoms with van der Waals surface area (Å²) >= 11 is 1.79. The maximum absolute atomic E-state index is 12.5. The van der Waals surface area contributed by atoms with Gasteiger partial charge in [-0.2, -0.15) is 0 Å². The molecule has 1 rings (SSSR count). The number of aliphatic hydroxyl groups is 1. The zero-order valence-electron chi connectivity index (χ0n) is 6.89. The van der Waals surface area contributed by atoms with Crippen molar-refractivity contribution in [3.8, 4) is 0 Å². The van der Waals surface area contributed by atoms with Gasteiger partial charge in [0.25, 0.3) is 6.43 Å². The number of aromatic nitrogens is 1. The first-order valence-corrected chi connectivity index (χ1v) is 4.68. The molecule has 1 heterocycles. The first-order chi connectivity index (χ1) is 6.07. The lowest BCUT2D eigenvalue weighted by molar-refractivity contribution is 0.145. The van der Waals surface area contributed by atoms with E-state index in [1.807, 2.05) is 0 Å². The highest BCUT2D eigenvalue weighted by Crippen LogP contribution is 2.28. The van der Waals surface area contributed by atoms with Crippen LogP contribution in [0.4, 0.5) is 8.78 Å². The first-order valence-electron chi connectivity index (χ1n) is 3.60. The Morgan fingerprint density at radius 2 is 2.23 bits per heavy atom. The molecule has 5 heteroatoms. The van der Waals surface area contributed by atoms with Gasteiger partial charge in [0, 0.05) is 26.6 Å². The van der Waals surface area contributed by atoms with E-state index in [4.69, 9.17) is 5.11 Å². The third kappa shape index (κ3) is 2.14. The Labute approximate surface area is 88.1 Å². The van der Waals surface area contributed by atoms with Crippen molar-refractivity contribution < 1.29 is 13.9 Å². The highest BCUT2D eigenvalue weighted by Gasteiger charge is 2.18. The summed E-state index contributed by atoms with van der Waals surface area (Å²) < 4.78 is 25.4. The van der Waals surface area contributed by atoms with Gasteiger partial charge in [0.2, 0.25) is 0 Å². The second kappa shape index (κ2) is 4.28. The lowest BCUT2D eigenvalue weighted by atomic mass is 10.1. The number of hydrogen-bond donors (Lipinski definition) is 1. The summed E-state index contributed by atoms with van der Waals surface area (Å²) in [5.41, 5.74) is 0.593. The van der Waals surface area contributed by atoms with E-state index in [2.05, 4.69) is 4.98 Å². The lowest BCUT2D eigenvalue weighted by Gasteiger charge is -2.10. The molecule has 0 fully saturated rings. The molecular weight excluding hydrogens is 291 g/mol. The molecule has 0 amide bonds. The smallest absolute Gasteiger partial charge is 0.265 e. The molecule has 0 aromatic carbocycles. The minimum absolute atomic E-state index is 0.101. The van der Waals surface area contributed by atoms with Crippen molar-refractivity contribution in [3.05, 3.63) is 26.6 Å². The van der Waals surface area contributed by atoms with Gasteiger partial charge in [0.15, 0.2) is 0 Å². The first kappa shape index (κ1) is 10.8. The standard InChI is InChI=1S/C8H8F2INO/c1-4-5(3-13)7(8(9)10)6(11)2-12-4/h2,8,13H,3H2,1H3. The Balaban J connectivity index is 3.35. The third-order valence-electron chi connectivity index (χ3n) is 1.77. The van der Waals surface area contributed by atoms with Crippen LogP contribution < -0.4 is 0 Å². The van der Waals surface area contributed by atoms with Gasteiger partial charge >= 0.3 is 0 Å². The fourth-order valence-corrected chi connectivity index (χ4v) is 1.78. The van der Waals surface area contributed by atoms with Crippen molar-refractivity contribution in [2.75, 3.05) is 0 Å². The minimum Gasteiger partial charge on any atom is -0.392 e. The number of hydrogen-bond acceptors (Lipinski definition) is 2. The number of halogens is 3. The third-order valence-corrected chi connectivity index (χ3v) is 2.63. The van der Waals surface area contributed by atoms with Crippen molar-refractivity contribution in [1.82, 2.24) is 4.98 Å². The van der Waals surface area contributed by atoms with Crippen molar-refractivity contribution in [2.24, 2.45) is 0 Å². The van der Waals surface area contributed by atoms with Gasteiger partial charge in [-0.05, 0) is 29.5 Å². The van der Waals surface area contributed by atoms with E-state index in [0.29, 0.717) is 9.26 Å². The molecule has 0 aliphatic rings. The van der Waals surface area contributed by atoms with Crippen LogP contribution in [-0.4, -0.2) is 10.1 Å². The molecule has 1 N–H and O–H groups in total. The Morgan fingerprint density at radius 1 is 1.62 bits per heavy atom. The molecule has 72 valence electrons. The Morgan fingerprint density at radius 3 is 2.62 bits per heavy atom. The van der Waals surface area contributed by atoms with Gasteiger partial charge in [-0.1, -0.05) is 0 Å². The van der Waals surface area contributed by atoms with Crippen LogP contribution in [0.15, 0.2) is 6.20 Å². The van der Waals surface area contributed by atoms with E-state index in [0.717, 1.165) is 0 Å². The van der Waals surface area contributed by atoms with Crippen LogP contribution in [0.5, 0.6) is 0 Å². The molecule has 1 aromatic heterocycles. The SMILES string of the molecule is Cc1ncc(I)c(C(F)F)c1CO. The number of rotatable bonds is 2. The quantitative estimate of drug-likeness (QED) is 0.851. The van der Waals surface area contributed by atoms with Crippen molar-refractivity contribution in [3.63, 3.8) is 0 Å². The molecule has 0 bridgehead atoms. The van der Waals surface area contributed by atoms with Crippen LogP contribution in [0.2, 0.25) is 0 Å². The fourth-order valence-electron chi connectivity index (χ4n) is 1.08. The van der Waals surface area contributed by atoms with Crippen molar-refractivity contribution in [1.29, 1.82) is 0 Å². The Kier molecular flexibility index (Phi) is 3.55. The van der Waals surface area contributed by atoms with Gasteiger partial charge in [-0.15, -0.1) is 0 Å². The summed E-state index contributed by atoms with van der Waals surface area (Å²) in [7, 11) is 0. The second-order valence-corrected chi connectivity index (χ2v) is 3.70. The van der Waals surface area contributed by atoms with E-state index >= 15 is 0 Å². The molecule has 0 saturated heterocycles. The average Bonchev–Trinajstić information content (AvgIpc) is 2.07. The number of nitrogens with zero attached hydrogens (tertiary/aromatic N) is 1. The number of pyridine rings is 1. The van der Waals surface area contributed by atoms with Crippen molar-refractivity contribution in [2.45, 2.75) is 20.0 Å². The molecule has 0 aliphatic heterocycles. The summed E-state index contributed by atoms with van der Waals surface area (Å²) in [5, 5.41) is 8.90. The summed E-state index contributed by atoms with van der Waals surface area (Å²) in [4.78, 5) is 3.89. The van der Waals surface area contributed by atoms with Crippen LogP contribution in [0.25, 0.3) is 0 Å². The van der Waals surface area contributed by atoms with Crippen LogP contribution in [-0.2, 0) is 6.61 Å². The van der Waals surface area contributed by atoms with Gasteiger partial charge < -0.3 is 5.11 Å². The van der Waals surface area contributed by atoms with Crippen LogP contribution >= 0.6 is 22.6 Å². The number of alkyl halides is 2. The monoisotopic (exact) mass is 299 g/mol. The molecule has 0 spiro atoms. The van der Waals surface area contributed by atoms with E-state index in [-0.39, 0.29) is 11.1 Å². The number of aliphatic hydroxyl groups excluding tert-OH is 1. The maximum Gasteiger partial charge on any atom is 0.265 e. The van der Waals surface area contributed by atoms with Crippen molar-refractivity contribution >= 4 is 22.6 Å². The molecule has 13 heavy (non-hydrogen) atoms. The van der Waals surface area contributed by atoms with E-state index in [1.165, 1.54) is 6.20 Å². The summed E-state index contributed by atoms with van der Waals surface area (Å²) in [6.45, 7) is 1.21. The molecule has 0 atom stereocenters. The van der Waals surface area contributed by atoms with Gasteiger partial charge in [-0.3, -0.25) is 4.98 Å². The fraction of sp³-hybridized carbons (Fsp3) is 0.375. The molecule has 0 aliphatic carbocycles. The van der Waals surface area contributed by atoms with Crippen LogP contribution in [0.3, 0.4) is 0 Å². The largest absolute Gasteiger partial charge is 0.392 e. The normalized spacial score (nSPS) is 10.9. The number of aryl methyl sites for hydroxylation is 1. The van der Waals surface area contributed by atoms with Gasteiger partial charge in [0.1, 0.15) is 0 Å². The maximum atomic E-state index is 12.5. The highest BCUT2D eigenvalue weighted by molar-refractivity contribution is 14.1. The molecule has 0 unspecified atom stereocenters. The van der Waals surface area contributed by atoms with E-state index < -0.39 is 13.0 Å². The molecule has 1 aromatic rings. The lowest BCUT2D eigenvalue weighted by Crippen LogP contribution is -2.03. The average molecular weight is 299 g/mol. The Hall–Kier alpha value is -0.300. The summed E-state index contributed by atoms with van der Waals surface area (Å²) in [6.07, 6.45) is -1.17. The van der Waals surface area contributed by atoms with Crippen LogP contribution in [0.1, 0.15) is 23.2 Å². The molecule has 0 radical (unpaired) electrons. The second-order valence-electron chi connectivity index (χ2n) is 2.54. The zero-order valence-corrected chi connectivity index (χ0v) is 9.05. The highest BCUT2D eigenvalue weighted by atomic mass is 127. The van der Waals surface area contributed by atoms with E-state index in [1.54, 1.807) is 29.5 Å². The topological polar surface area (TPSA) is 33.1 Å². The summed E-state index contributed by atoms with van der Waals surface area (Å²) in [6, 6.07) is 0. The van der Waals surface area contributed by atoms with Gasteiger partial charge in [0.05, 0.1) is 6.61 Å². The Bertz CT molecular complexity index is 317. The minimum atomic E-state index is -2.56.